The first-order chi connectivity index (χ1) is 9.22. The molecule has 2 rings (SSSR count). The van der Waals surface area contributed by atoms with E-state index in [2.05, 4.69) is 15.3 Å². The summed E-state index contributed by atoms with van der Waals surface area (Å²) >= 11 is 0. The molecule has 0 bridgehead atoms. The number of fused-ring (bicyclic) bond motifs is 1. The summed E-state index contributed by atoms with van der Waals surface area (Å²) in [6.07, 6.45) is 0. The van der Waals surface area contributed by atoms with Gasteiger partial charge in [-0.3, -0.25) is 0 Å². The first-order valence-corrected chi connectivity index (χ1v) is 6.04. The van der Waals surface area contributed by atoms with E-state index in [0.29, 0.717) is 31.1 Å². The van der Waals surface area contributed by atoms with E-state index in [1.807, 2.05) is 25.1 Å². The molecule has 6 heteroatoms. The highest BCUT2D eigenvalue weighted by Gasteiger charge is 2.12. The number of carbonyl (C=O) groups is 1. The van der Waals surface area contributed by atoms with Gasteiger partial charge in [0.15, 0.2) is 0 Å². The van der Waals surface area contributed by atoms with E-state index >= 15 is 0 Å². The number of ether oxygens (including phenoxy) is 1. The van der Waals surface area contributed by atoms with E-state index in [-0.39, 0.29) is 5.82 Å². The summed E-state index contributed by atoms with van der Waals surface area (Å²) in [4.78, 5) is 19.0. The number of carboxylic acids is 1. The minimum atomic E-state index is -1.14. The number of aromatic nitrogens is 2. The molecule has 2 N–H and O–H groups in total. The fourth-order valence-electron chi connectivity index (χ4n) is 1.69. The lowest BCUT2D eigenvalue weighted by Gasteiger charge is -2.09. The molecule has 0 aliphatic rings. The summed E-state index contributed by atoms with van der Waals surface area (Å²) < 4.78 is 5.22. The zero-order valence-corrected chi connectivity index (χ0v) is 10.6. The van der Waals surface area contributed by atoms with Gasteiger partial charge >= 0.3 is 5.97 Å². The average Bonchev–Trinajstić information content (AvgIpc) is 2.43. The molecule has 1 aromatic carbocycles. The van der Waals surface area contributed by atoms with Crippen LogP contribution in [0.25, 0.3) is 10.9 Å². The molecular formula is C13H15N3O3. The lowest BCUT2D eigenvalue weighted by atomic mass is 10.2. The smallest absolute Gasteiger partial charge is 0.374 e. The lowest BCUT2D eigenvalue weighted by Crippen LogP contribution is -2.13. The first kappa shape index (κ1) is 13.2. The molecule has 6 nitrogen and oxygen atoms in total. The van der Waals surface area contributed by atoms with Gasteiger partial charge in [0.2, 0.25) is 5.82 Å². The van der Waals surface area contributed by atoms with Crippen LogP contribution >= 0.6 is 0 Å². The second kappa shape index (κ2) is 6.10. The second-order valence-corrected chi connectivity index (χ2v) is 3.84. The van der Waals surface area contributed by atoms with E-state index in [1.165, 1.54) is 0 Å². The van der Waals surface area contributed by atoms with Crippen LogP contribution in [0.4, 0.5) is 5.82 Å². The Morgan fingerprint density at radius 2 is 2.16 bits per heavy atom. The van der Waals surface area contributed by atoms with Crippen molar-refractivity contribution in [3.8, 4) is 0 Å². The summed E-state index contributed by atoms with van der Waals surface area (Å²) in [7, 11) is 0. The molecule has 0 spiro atoms. The Kier molecular flexibility index (Phi) is 4.25. The van der Waals surface area contributed by atoms with Gasteiger partial charge in [0.1, 0.15) is 5.82 Å². The van der Waals surface area contributed by atoms with Crippen LogP contribution in [0.5, 0.6) is 0 Å². The highest BCUT2D eigenvalue weighted by molar-refractivity contribution is 5.93. The fraction of sp³-hybridized carbons (Fsp3) is 0.308. The number of anilines is 1. The summed E-state index contributed by atoms with van der Waals surface area (Å²) in [5.74, 6) is -0.834. The number of aromatic carboxylic acids is 1. The fourth-order valence-corrected chi connectivity index (χ4v) is 1.69. The van der Waals surface area contributed by atoms with Crippen molar-refractivity contribution in [2.75, 3.05) is 25.1 Å². The zero-order valence-electron chi connectivity index (χ0n) is 10.6. The third-order valence-electron chi connectivity index (χ3n) is 2.54. The van der Waals surface area contributed by atoms with Gasteiger partial charge in [-0.1, -0.05) is 12.1 Å². The number of carboxylic acid groups (broad SMARTS) is 1. The molecular weight excluding hydrogens is 246 g/mol. The molecule has 0 aliphatic heterocycles. The molecule has 1 aromatic heterocycles. The van der Waals surface area contributed by atoms with E-state index < -0.39 is 5.97 Å². The zero-order chi connectivity index (χ0) is 13.7. The van der Waals surface area contributed by atoms with Gasteiger partial charge in [0.25, 0.3) is 0 Å². The van der Waals surface area contributed by atoms with Crippen LogP contribution in [0.1, 0.15) is 17.5 Å². The Balaban J connectivity index is 2.31. The standard InChI is InChI=1S/C13H15N3O3/c1-2-19-8-7-14-11-9-5-3-4-6-10(9)15-12(16-11)13(17)18/h3-6H,2,7-8H2,1H3,(H,17,18)(H,14,15,16). The molecule has 2 aromatic rings. The minimum Gasteiger partial charge on any atom is -0.475 e. The third-order valence-corrected chi connectivity index (χ3v) is 2.54. The number of rotatable bonds is 6. The van der Waals surface area contributed by atoms with Gasteiger partial charge in [-0.2, -0.15) is 0 Å². The Morgan fingerprint density at radius 3 is 2.89 bits per heavy atom. The Bertz CT molecular complexity index is 586. The summed E-state index contributed by atoms with van der Waals surface area (Å²) in [6.45, 7) is 3.67. The number of nitrogens with one attached hydrogen (secondary N) is 1. The summed E-state index contributed by atoms with van der Waals surface area (Å²) in [6, 6.07) is 7.28. The Morgan fingerprint density at radius 1 is 1.37 bits per heavy atom. The van der Waals surface area contributed by atoms with Crippen molar-refractivity contribution >= 4 is 22.7 Å². The topological polar surface area (TPSA) is 84.3 Å². The SMILES string of the molecule is CCOCCNc1nc(C(=O)O)nc2ccccc12. The third kappa shape index (κ3) is 3.17. The molecule has 19 heavy (non-hydrogen) atoms. The van der Waals surface area contributed by atoms with Gasteiger partial charge < -0.3 is 15.2 Å². The van der Waals surface area contributed by atoms with Crippen LogP contribution in [-0.4, -0.2) is 40.8 Å². The molecule has 0 saturated heterocycles. The van der Waals surface area contributed by atoms with Crippen LogP contribution in [0, 0.1) is 0 Å². The van der Waals surface area contributed by atoms with Gasteiger partial charge in [-0.05, 0) is 19.1 Å². The molecule has 100 valence electrons. The highest BCUT2D eigenvalue weighted by Crippen LogP contribution is 2.19. The highest BCUT2D eigenvalue weighted by atomic mass is 16.5. The molecule has 0 radical (unpaired) electrons. The van der Waals surface area contributed by atoms with E-state index in [0.717, 1.165) is 5.39 Å². The van der Waals surface area contributed by atoms with Crippen molar-refractivity contribution < 1.29 is 14.6 Å². The van der Waals surface area contributed by atoms with Crippen molar-refractivity contribution in [1.29, 1.82) is 0 Å². The number of benzene rings is 1. The molecule has 0 aliphatic carbocycles. The number of para-hydroxylation sites is 1. The maximum absolute atomic E-state index is 11.0. The monoisotopic (exact) mass is 261 g/mol. The van der Waals surface area contributed by atoms with Crippen LogP contribution in [0.15, 0.2) is 24.3 Å². The second-order valence-electron chi connectivity index (χ2n) is 3.84. The molecule has 0 atom stereocenters. The van der Waals surface area contributed by atoms with Crippen molar-refractivity contribution in [3.05, 3.63) is 30.1 Å². The molecule has 1 heterocycles. The molecule has 0 fully saturated rings. The average molecular weight is 261 g/mol. The molecule has 0 unspecified atom stereocenters. The number of hydrogen-bond acceptors (Lipinski definition) is 5. The maximum atomic E-state index is 11.0. The largest absolute Gasteiger partial charge is 0.475 e. The van der Waals surface area contributed by atoms with Crippen molar-refractivity contribution in [1.82, 2.24) is 9.97 Å². The number of nitrogens with zero attached hydrogens (tertiary/aromatic N) is 2. The quantitative estimate of drug-likeness (QED) is 0.771. The number of hydrogen-bond donors (Lipinski definition) is 2. The van der Waals surface area contributed by atoms with Crippen molar-refractivity contribution in [2.45, 2.75) is 6.92 Å². The van der Waals surface area contributed by atoms with Crippen LogP contribution < -0.4 is 5.32 Å². The van der Waals surface area contributed by atoms with E-state index in [9.17, 15) is 4.79 Å². The lowest BCUT2D eigenvalue weighted by molar-refractivity contribution is 0.0684. The van der Waals surface area contributed by atoms with Gasteiger partial charge in [0.05, 0.1) is 12.1 Å². The van der Waals surface area contributed by atoms with Crippen LogP contribution in [0.3, 0.4) is 0 Å². The Labute approximate surface area is 110 Å². The predicted octanol–water partition coefficient (Wildman–Crippen LogP) is 1.78. The molecule has 0 saturated carbocycles. The van der Waals surface area contributed by atoms with Gasteiger partial charge in [-0.25, -0.2) is 14.8 Å². The van der Waals surface area contributed by atoms with Crippen molar-refractivity contribution in [3.63, 3.8) is 0 Å². The molecule has 0 amide bonds. The van der Waals surface area contributed by atoms with E-state index in [1.54, 1.807) is 6.07 Å². The maximum Gasteiger partial charge on any atom is 0.374 e. The first-order valence-electron chi connectivity index (χ1n) is 6.04. The summed E-state index contributed by atoms with van der Waals surface area (Å²) in [5, 5.41) is 12.9. The van der Waals surface area contributed by atoms with Crippen LogP contribution in [-0.2, 0) is 4.74 Å². The van der Waals surface area contributed by atoms with Gasteiger partial charge in [0, 0.05) is 18.5 Å². The predicted molar refractivity (Wildman–Crippen MR) is 71.5 cm³/mol. The Hall–Kier alpha value is -2.21. The van der Waals surface area contributed by atoms with Gasteiger partial charge in [-0.15, -0.1) is 0 Å². The minimum absolute atomic E-state index is 0.211. The summed E-state index contributed by atoms with van der Waals surface area (Å²) in [5.41, 5.74) is 0.605. The normalized spacial score (nSPS) is 10.6. The van der Waals surface area contributed by atoms with Crippen molar-refractivity contribution in [2.24, 2.45) is 0 Å². The van der Waals surface area contributed by atoms with E-state index in [4.69, 9.17) is 9.84 Å². The van der Waals surface area contributed by atoms with Crippen LogP contribution in [0.2, 0.25) is 0 Å².